The molecule has 0 saturated heterocycles. The Labute approximate surface area is 129 Å². The third-order valence-electron chi connectivity index (χ3n) is 3.24. The smallest absolute Gasteiger partial charge is 0.269 e. The molecular weight excluding hydrogens is 284 g/mol. The number of anilines is 1. The SMILES string of the molecule is CNC(=O)c1cccc(NC[C@H](c2ccsc2)N(C)C)n1. The molecule has 2 N–H and O–H groups in total. The number of thiophene rings is 1. The van der Waals surface area contributed by atoms with Gasteiger partial charge in [0.25, 0.3) is 5.91 Å². The number of rotatable bonds is 6. The molecule has 0 fully saturated rings. The normalized spacial score (nSPS) is 12.2. The van der Waals surface area contributed by atoms with Crippen LogP contribution in [0.1, 0.15) is 22.1 Å². The molecule has 5 nitrogen and oxygen atoms in total. The lowest BCUT2D eigenvalue weighted by Gasteiger charge is -2.24. The van der Waals surface area contributed by atoms with Crippen LogP contribution in [0.3, 0.4) is 0 Å². The predicted octanol–water partition coefficient (Wildman–Crippen LogP) is 2.22. The molecule has 0 aliphatic carbocycles. The Balaban J connectivity index is 2.06. The summed E-state index contributed by atoms with van der Waals surface area (Å²) in [7, 11) is 5.71. The zero-order valence-electron chi connectivity index (χ0n) is 12.5. The fourth-order valence-corrected chi connectivity index (χ4v) is 2.76. The molecule has 0 saturated carbocycles. The van der Waals surface area contributed by atoms with Gasteiger partial charge in [-0.1, -0.05) is 6.07 Å². The summed E-state index contributed by atoms with van der Waals surface area (Å²) in [4.78, 5) is 18.1. The molecule has 21 heavy (non-hydrogen) atoms. The van der Waals surface area contributed by atoms with Crippen LogP contribution in [0.25, 0.3) is 0 Å². The number of amides is 1. The van der Waals surface area contributed by atoms with E-state index in [1.54, 1.807) is 24.5 Å². The lowest BCUT2D eigenvalue weighted by atomic mass is 10.1. The maximum absolute atomic E-state index is 11.6. The Kier molecular flexibility index (Phi) is 5.30. The summed E-state index contributed by atoms with van der Waals surface area (Å²) in [5.74, 6) is 0.527. The summed E-state index contributed by atoms with van der Waals surface area (Å²) in [6.07, 6.45) is 0. The fraction of sp³-hybridized carbons (Fsp3) is 0.333. The first-order chi connectivity index (χ1) is 10.1. The van der Waals surface area contributed by atoms with Gasteiger partial charge in [-0.2, -0.15) is 11.3 Å². The number of hydrogen-bond donors (Lipinski definition) is 2. The molecule has 6 heteroatoms. The van der Waals surface area contributed by atoms with Gasteiger partial charge < -0.3 is 15.5 Å². The maximum atomic E-state index is 11.6. The number of aromatic nitrogens is 1. The topological polar surface area (TPSA) is 57.3 Å². The second-order valence-electron chi connectivity index (χ2n) is 4.90. The Morgan fingerprint density at radius 2 is 2.19 bits per heavy atom. The van der Waals surface area contributed by atoms with Crippen LogP contribution in [0.4, 0.5) is 5.82 Å². The van der Waals surface area contributed by atoms with Gasteiger partial charge in [-0.15, -0.1) is 0 Å². The summed E-state index contributed by atoms with van der Waals surface area (Å²) >= 11 is 1.69. The van der Waals surface area contributed by atoms with Crippen molar-refractivity contribution in [1.29, 1.82) is 0 Å². The van der Waals surface area contributed by atoms with Gasteiger partial charge >= 0.3 is 0 Å². The van der Waals surface area contributed by atoms with Gasteiger partial charge in [0.05, 0.1) is 6.04 Å². The van der Waals surface area contributed by atoms with E-state index in [0.717, 1.165) is 6.54 Å². The molecule has 2 heterocycles. The van der Waals surface area contributed by atoms with Gasteiger partial charge in [0.2, 0.25) is 0 Å². The van der Waals surface area contributed by atoms with E-state index in [2.05, 4.69) is 51.4 Å². The number of nitrogens with zero attached hydrogens (tertiary/aromatic N) is 2. The monoisotopic (exact) mass is 304 g/mol. The van der Waals surface area contributed by atoms with Crippen molar-refractivity contribution >= 4 is 23.1 Å². The van der Waals surface area contributed by atoms with E-state index in [4.69, 9.17) is 0 Å². The van der Waals surface area contributed by atoms with Crippen molar-refractivity contribution in [3.63, 3.8) is 0 Å². The van der Waals surface area contributed by atoms with Crippen molar-refractivity contribution in [2.75, 3.05) is 33.0 Å². The molecule has 0 bridgehead atoms. The van der Waals surface area contributed by atoms with E-state index in [1.165, 1.54) is 5.56 Å². The van der Waals surface area contributed by atoms with Gasteiger partial charge in [0.1, 0.15) is 11.5 Å². The Morgan fingerprint density at radius 1 is 1.38 bits per heavy atom. The van der Waals surface area contributed by atoms with Crippen molar-refractivity contribution in [3.05, 3.63) is 46.3 Å². The highest BCUT2D eigenvalue weighted by molar-refractivity contribution is 7.07. The molecule has 0 aliphatic heterocycles. The van der Waals surface area contributed by atoms with Crippen LogP contribution >= 0.6 is 11.3 Å². The zero-order valence-corrected chi connectivity index (χ0v) is 13.3. The van der Waals surface area contributed by atoms with Gasteiger partial charge in [-0.25, -0.2) is 4.98 Å². The number of hydrogen-bond acceptors (Lipinski definition) is 5. The van der Waals surface area contributed by atoms with Crippen LogP contribution < -0.4 is 10.6 Å². The van der Waals surface area contributed by atoms with Crippen molar-refractivity contribution in [2.24, 2.45) is 0 Å². The van der Waals surface area contributed by atoms with Crippen molar-refractivity contribution in [3.8, 4) is 0 Å². The van der Waals surface area contributed by atoms with Gasteiger partial charge in [-0.05, 0) is 48.6 Å². The summed E-state index contributed by atoms with van der Waals surface area (Å²) < 4.78 is 0. The van der Waals surface area contributed by atoms with E-state index in [1.807, 2.05) is 12.1 Å². The number of nitrogens with one attached hydrogen (secondary N) is 2. The molecule has 2 aromatic heterocycles. The molecule has 1 amide bonds. The third kappa shape index (κ3) is 4.03. The average molecular weight is 304 g/mol. The number of carbonyl (C=O) groups excluding carboxylic acids is 1. The molecule has 0 unspecified atom stereocenters. The van der Waals surface area contributed by atoms with Crippen molar-refractivity contribution in [1.82, 2.24) is 15.2 Å². The molecule has 0 aliphatic rings. The molecular formula is C15H20N4OS. The van der Waals surface area contributed by atoms with E-state index < -0.39 is 0 Å². The highest BCUT2D eigenvalue weighted by Crippen LogP contribution is 2.21. The molecule has 112 valence electrons. The summed E-state index contributed by atoms with van der Waals surface area (Å²) in [6, 6.07) is 7.79. The Bertz CT molecular complexity index is 583. The van der Waals surface area contributed by atoms with E-state index in [0.29, 0.717) is 11.5 Å². The van der Waals surface area contributed by atoms with Crippen LogP contribution in [-0.2, 0) is 0 Å². The lowest BCUT2D eigenvalue weighted by molar-refractivity contribution is 0.0958. The second-order valence-corrected chi connectivity index (χ2v) is 5.68. The van der Waals surface area contributed by atoms with Crippen LogP contribution in [0.2, 0.25) is 0 Å². The maximum Gasteiger partial charge on any atom is 0.269 e. The van der Waals surface area contributed by atoms with E-state index >= 15 is 0 Å². The second kappa shape index (κ2) is 7.19. The number of carbonyl (C=O) groups is 1. The molecule has 0 aromatic carbocycles. The van der Waals surface area contributed by atoms with Gasteiger partial charge in [0, 0.05) is 13.6 Å². The largest absolute Gasteiger partial charge is 0.368 e. The summed E-state index contributed by atoms with van der Waals surface area (Å²) in [6.45, 7) is 0.730. The van der Waals surface area contributed by atoms with E-state index in [-0.39, 0.29) is 11.9 Å². The molecule has 2 rings (SSSR count). The zero-order chi connectivity index (χ0) is 15.2. The fourth-order valence-electron chi connectivity index (χ4n) is 2.05. The van der Waals surface area contributed by atoms with Crippen LogP contribution in [0.15, 0.2) is 35.0 Å². The summed E-state index contributed by atoms with van der Waals surface area (Å²) in [5, 5.41) is 10.1. The van der Waals surface area contributed by atoms with Crippen molar-refractivity contribution < 1.29 is 4.79 Å². The average Bonchev–Trinajstić information content (AvgIpc) is 3.00. The minimum atomic E-state index is -0.180. The Hall–Kier alpha value is -1.92. The van der Waals surface area contributed by atoms with Gasteiger partial charge in [0.15, 0.2) is 0 Å². The van der Waals surface area contributed by atoms with E-state index in [9.17, 15) is 4.79 Å². The van der Waals surface area contributed by atoms with Crippen LogP contribution in [0, 0.1) is 0 Å². The molecule has 1 atom stereocenters. The van der Waals surface area contributed by atoms with Gasteiger partial charge in [-0.3, -0.25) is 4.79 Å². The first-order valence-electron chi connectivity index (χ1n) is 6.73. The first-order valence-corrected chi connectivity index (χ1v) is 7.67. The third-order valence-corrected chi connectivity index (χ3v) is 3.94. The minimum Gasteiger partial charge on any atom is -0.368 e. The van der Waals surface area contributed by atoms with Crippen LogP contribution in [0.5, 0.6) is 0 Å². The number of likely N-dealkylation sites (N-methyl/N-ethyl adjacent to an activating group) is 1. The minimum absolute atomic E-state index is 0.180. The lowest BCUT2D eigenvalue weighted by Crippen LogP contribution is -2.27. The molecule has 0 radical (unpaired) electrons. The predicted molar refractivity (Wildman–Crippen MR) is 86.9 cm³/mol. The standard InChI is InChI=1S/C15H20N4OS/c1-16-15(20)12-5-4-6-14(18-12)17-9-13(19(2)3)11-7-8-21-10-11/h4-8,10,13H,9H2,1-3H3,(H,16,20)(H,17,18)/t13-/m1/s1. The first kappa shape index (κ1) is 15.5. The highest BCUT2D eigenvalue weighted by atomic mass is 32.1. The quantitative estimate of drug-likeness (QED) is 0.859. The highest BCUT2D eigenvalue weighted by Gasteiger charge is 2.14. The number of pyridine rings is 1. The molecule has 2 aromatic rings. The van der Waals surface area contributed by atoms with Crippen molar-refractivity contribution in [2.45, 2.75) is 6.04 Å². The summed E-state index contributed by atoms with van der Waals surface area (Å²) in [5.41, 5.74) is 1.69. The Morgan fingerprint density at radius 3 is 2.81 bits per heavy atom. The molecule has 0 spiro atoms. The van der Waals surface area contributed by atoms with Crippen LogP contribution in [-0.4, -0.2) is 43.5 Å².